The van der Waals surface area contributed by atoms with Crippen LogP contribution in [0.5, 0.6) is 0 Å². The molecule has 0 atom stereocenters. The molecule has 0 saturated carbocycles. The van der Waals surface area contributed by atoms with Gasteiger partial charge in [0.2, 0.25) is 0 Å². The van der Waals surface area contributed by atoms with Gasteiger partial charge in [0.05, 0.1) is 39.0 Å². The lowest BCUT2D eigenvalue weighted by Gasteiger charge is -2.23. The highest BCUT2D eigenvalue weighted by molar-refractivity contribution is 6.14. The molecular weight excluding hydrogens is 1040 g/mol. The monoisotopic (exact) mass is 1090 g/mol. The minimum Gasteiger partial charge on any atom is -0.309 e. The highest BCUT2D eigenvalue weighted by atomic mass is 19.4. The molecule has 398 valence electrons. The maximum absolute atomic E-state index is 15.9. The van der Waals surface area contributed by atoms with Crippen LogP contribution in [0, 0.1) is 0 Å². The van der Waals surface area contributed by atoms with Crippen molar-refractivity contribution < 1.29 is 13.2 Å². The van der Waals surface area contributed by atoms with Crippen LogP contribution in [0.2, 0.25) is 0 Å². The Labute approximate surface area is 482 Å². The summed E-state index contributed by atoms with van der Waals surface area (Å²) in [5.41, 5.74) is 14.9. The number of fused-ring (bicyclic) bond motifs is 6. The van der Waals surface area contributed by atoms with Gasteiger partial charge in [-0.05, 0) is 117 Å². The van der Waals surface area contributed by atoms with Gasteiger partial charge in [-0.1, -0.05) is 218 Å². The van der Waals surface area contributed by atoms with Crippen LogP contribution in [0.4, 0.5) is 13.2 Å². The summed E-state index contributed by atoms with van der Waals surface area (Å²) in [6, 6.07) is 96.4. The first-order chi connectivity index (χ1) is 41.3. The summed E-state index contributed by atoms with van der Waals surface area (Å²) in [5, 5.41) is 3.86. The second-order valence-corrected chi connectivity index (χ2v) is 21.0. The third kappa shape index (κ3) is 8.89. The van der Waals surface area contributed by atoms with Crippen LogP contribution < -0.4 is 0 Å². The lowest BCUT2D eigenvalue weighted by molar-refractivity contribution is -0.137. The summed E-state index contributed by atoms with van der Waals surface area (Å²) in [4.78, 5) is 15.7. The van der Waals surface area contributed by atoms with Crippen LogP contribution in [-0.4, -0.2) is 24.1 Å². The van der Waals surface area contributed by atoms with Crippen LogP contribution in [0.3, 0.4) is 0 Å². The van der Waals surface area contributed by atoms with E-state index in [2.05, 4.69) is 130 Å². The Balaban J connectivity index is 1.08. The summed E-state index contributed by atoms with van der Waals surface area (Å²) in [6.07, 6.45) is -4.72. The van der Waals surface area contributed by atoms with Gasteiger partial charge in [0.25, 0.3) is 0 Å². The van der Waals surface area contributed by atoms with Crippen molar-refractivity contribution in [3.8, 4) is 101 Å². The Bertz CT molecular complexity index is 4710. The Morgan fingerprint density at radius 2 is 0.583 bits per heavy atom. The van der Waals surface area contributed by atoms with Gasteiger partial charge in [-0.3, -0.25) is 0 Å². The first-order valence-electron chi connectivity index (χ1n) is 27.9. The van der Waals surface area contributed by atoms with Crippen LogP contribution in [0.1, 0.15) is 5.56 Å². The molecule has 0 saturated heterocycles. The number of hydrogen-bond acceptors (Lipinski definition) is 3. The first kappa shape index (κ1) is 50.0. The van der Waals surface area contributed by atoms with E-state index in [1.54, 1.807) is 6.07 Å². The summed E-state index contributed by atoms with van der Waals surface area (Å²) in [5.74, 6) is 1.14. The number of nitrogens with zero attached hydrogens (tertiary/aromatic N) is 5. The van der Waals surface area contributed by atoms with Crippen LogP contribution >= 0.6 is 0 Å². The van der Waals surface area contributed by atoms with Crippen molar-refractivity contribution in [1.82, 2.24) is 24.1 Å². The van der Waals surface area contributed by atoms with Gasteiger partial charge in [-0.2, -0.15) is 13.2 Å². The Morgan fingerprint density at radius 1 is 0.250 bits per heavy atom. The molecule has 5 nitrogen and oxygen atoms in total. The molecule has 0 amide bonds. The molecule has 0 N–H and O–H groups in total. The van der Waals surface area contributed by atoms with E-state index >= 15 is 13.2 Å². The Morgan fingerprint density at radius 3 is 0.940 bits per heavy atom. The van der Waals surface area contributed by atoms with Crippen molar-refractivity contribution in [3.05, 3.63) is 297 Å². The molecule has 0 bridgehead atoms. The fourth-order valence-electron chi connectivity index (χ4n) is 12.0. The Hall–Kier alpha value is -11.0. The van der Waals surface area contributed by atoms with Crippen LogP contribution in [0.15, 0.2) is 291 Å². The van der Waals surface area contributed by atoms with E-state index in [-0.39, 0.29) is 0 Å². The van der Waals surface area contributed by atoms with Crippen molar-refractivity contribution >= 4 is 43.6 Å². The average Bonchev–Trinajstić information content (AvgIpc) is 3.21. The quantitative estimate of drug-likeness (QED) is 0.137. The normalized spacial score (nSPS) is 11.8. The number of halogens is 3. The van der Waals surface area contributed by atoms with Gasteiger partial charge < -0.3 is 9.13 Å². The van der Waals surface area contributed by atoms with Gasteiger partial charge in [0.15, 0.2) is 17.5 Å². The van der Waals surface area contributed by atoms with Crippen LogP contribution in [0.25, 0.3) is 145 Å². The third-order valence-corrected chi connectivity index (χ3v) is 16.0. The number of alkyl halides is 3. The van der Waals surface area contributed by atoms with E-state index in [0.717, 1.165) is 99.2 Å². The second kappa shape index (κ2) is 20.5. The predicted octanol–water partition coefficient (Wildman–Crippen LogP) is 20.4. The number of hydrogen-bond donors (Lipinski definition) is 0. The SMILES string of the molecule is FC(F)(F)c1ccc(-n2c3ccc(-c4ccccc4)cc3c3cc(-c4ccccc4)ccc32)c(-c2c(-c3nc(-c4ccccc4)nc(-c4ccccc4)n3)cccc2-n2c3ccc(-c4ccccc4)cc3c3cc(-c4ccccc4)ccc32)c1. The first-order valence-corrected chi connectivity index (χ1v) is 27.9. The molecule has 0 aliphatic rings. The Kier molecular flexibility index (Phi) is 12.2. The molecule has 8 heteroatoms. The molecule has 0 radical (unpaired) electrons. The largest absolute Gasteiger partial charge is 0.416 e. The molecule has 0 spiro atoms. The second-order valence-electron chi connectivity index (χ2n) is 21.0. The zero-order valence-electron chi connectivity index (χ0n) is 45.1. The fraction of sp³-hybridized carbons (Fsp3) is 0.0132. The smallest absolute Gasteiger partial charge is 0.309 e. The highest BCUT2D eigenvalue weighted by Crippen LogP contribution is 2.48. The topological polar surface area (TPSA) is 48.5 Å². The van der Waals surface area contributed by atoms with Gasteiger partial charge in [0, 0.05) is 49.4 Å². The van der Waals surface area contributed by atoms with Crippen molar-refractivity contribution in [2.75, 3.05) is 0 Å². The molecule has 0 aliphatic heterocycles. The molecule has 3 heterocycles. The molecule has 15 aromatic rings. The van der Waals surface area contributed by atoms with Crippen molar-refractivity contribution in [3.63, 3.8) is 0 Å². The molecule has 0 aliphatic carbocycles. The lowest BCUT2D eigenvalue weighted by atomic mass is 9.93. The molecule has 12 aromatic carbocycles. The molecule has 15 rings (SSSR count). The molecule has 0 unspecified atom stereocenters. The summed E-state index contributed by atoms with van der Waals surface area (Å²) >= 11 is 0. The number of benzene rings is 12. The summed E-state index contributed by atoms with van der Waals surface area (Å²) < 4.78 is 52.0. The fourth-order valence-corrected chi connectivity index (χ4v) is 12.0. The molecule has 84 heavy (non-hydrogen) atoms. The lowest BCUT2D eigenvalue weighted by Crippen LogP contribution is -2.09. The van der Waals surface area contributed by atoms with Gasteiger partial charge in [0.1, 0.15) is 0 Å². The van der Waals surface area contributed by atoms with E-state index < -0.39 is 11.7 Å². The zero-order chi connectivity index (χ0) is 56.3. The van der Waals surface area contributed by atoms with Crippen molar-refractivity contribution in [1.29, 1.82) is 0 Å². The number of aromatic nitrogens is 5. The van der Waals surface area contributed by atoms with Crippen LogP contribution in [-0.2, 0) is 6.18 Å². The van der Waals surface area contributed by atoms with E-state index in [9.17, 15) is 0 Å². The molecule has 0 fully saturated rings. The van der Waals surface area contributed by atoms with E-state index in [1.807, 2.05) is 152 Å². The molecule has 3 aromatic heterocycles. The minimum atomic E-state index is -4.72. The third-order valence-electron chi connectivity index (χ3n) is 16.0. The van der Waals surface area contributed by atoms with E-state index in [1.165, 1.54) is 12.1 Å². The van der Waals surface area contributed by atoms with E-state index in [4.69, 9.17) is 15.0 Å². The van der Waals surface area contributed by atoms with Gasteiger partial charge in [-0.25, -0.2) is 15.0 Å². The average molecular weight is 1090 g/mol. The zero-order valence-corrected chi connectivity index (χ0v) is 45.1. The summed E-state index contributed by atoms with van der Waals surface area (Å²) in [6.45, 7) is 0. The number of rotatable bonds is 10. The highest BCUT2D eigenvalue weighted by Gasteiger charge is 2.33. The predicted molar refractivity (Wildman–Crippen MR) is 337 cm³/mol. The van der Waals surface area contributed by atoms with E-state index in [0.29, 0.717) is 45.5 Å². The molecular formula is C76H48F3N5. The standard InChI is InChI=1S/C76H48F3N5/c77-76(78,79)59-38-43-70(83-66-39-34-55(49-20-7-1-8-21-49)44-61(66)62-45-56(35-40-67(62)83)50-22-9-2-10-23-50)65(48-59)72-60(75-81-73(53-28-15-5-16-29-53)80-74(82-75)54-30-17-6-18-31-54)32-19-33-71(72)84-68-41-36-57(51-24-11-3-12-25-51)46-63(68)64-47-58(37-42-69(64)84)52-26-13-4-14-27-52/h1-48H. The van der Waals surface area contributed by atoms with Crippen molar-refractivity contribution in [2.45, 2.75) is 6.18 Å². The minimum absolute atomic E-state index is 0.295. The van der Waals surface area contributed by atoms with Gasteiger partial charge >= 0.3 is 6.18 Å². The maximum Gasteiger partial charge on any atom is 0.416 e. The van der Waals surface area contributed by atoms with Crippen molar-refractivity contribution in [2.24, 2.45) is 0 Å². The van der Waals surface area contributed by atoms with Gasteiger partial charge in [-0.15, -0.1) is 0 Å². The maximum atomic E-state index is 15.9. The summed E-state index contributed by atoms with van der Waals surface area (Å²) in [7, 11) is 0.